The molecule has 2 saturated heterocycles. The number of amides is 1. The molecule has 1 spiro atoms. The van der Waals surface area contributed by atoms with Crippen LogP contribution >= 0.6 is 0 Å². The second-order valence-electron chi connectivity index (χ2n) is 7.76. The van der Waals surface area contributed by atoms with Crippen LogP contribution in [0.25, 0.3) is 0 Å². The van der Waals surface area contributed by atoms with Gasteiger partial charge in [0.25, 0.3) is 0 Å². The lowest BCUT2D eigenvalue weighted by Gasteiger charge is -2.37. The highest BCUT2D eigenvalue weighted by atomic mass is 32.2. The molecule has 2 aromatic rings. The van der Waals surface area contributed by atoms with Gasteiger partial charge in [0.15, 0.2) is 0 Å². The van der Waals surface area contributed by atoms with E-state index >= 15 is 0 Å². The lowest BCUT2D eigenvalue weighted by Crippen LogP contribution is -2.46. The first-order valence-electron chi connectivity index (χ1n) is 9.84. The van der Waals surface area contributed by atoms with Crippen LogP contribution in [0, 0.1) is 5.41 Å². The molecule has 3 heterocycles. The zero-order valence-corrected chi connectivity index (χ0v) is 17.6. The number of ether oxygens (including phenoxy) is 1. The highest BCUT2D eigenvalue weighted by Gasteiger charge is 2.50. The number of aromatic hydroxyl groups is 1. The average molecular weight is 471 g/mol. The largest absolute Gasteiger partial charge is 0.573 e. The van der Waals surface area contributed by atoms with Crippen LogP contribution in [-0.4, -0.2) is 54.7 Å². The summed E-state index contributed by atoms with van der Waals surface area (Å²) in [7, 11) is -3.95. The van der Waals surface area contributed by atoms with Gasteiger partial charge in [-0.05, 0) is 55.7 Å². The van der Waals surface area contributed by atoms with Gasteiger partial charge in [0.1, 0.15) is 10.6 Å². The number of alkyl halides is 3. The third-order valence-electron chi connectivity index (χ3n) is 5.94. The van der Waals surface area contributed by atoms with Gasteiger partial charge < -0.3 is 14.7 Å². The van der Waals surface area contributed by atoms with Gasteiger partial charge in [-0.2, -0.15) is 4.31 Å². The fourth-order valence-corrected chi connectivity index (χ4v) is 5.71. The number of pyridine rings is 1. The first-order chi connectivity index (χ1) is 15.0. The number of carbonyl (C=O) groups excluding carboxylic acids is 1. The Morgan fingerprint density at radius 3 is 2.25 bits per heavy atom. The highest BCUT2D eigenvalue weighted by molar-refractivity contribution is 7.89. The van der Waals surface area contributed by atoms with Gasteiger partial charge >= 0.3 is 6.36 Å². The van der Waals surface area contributed by atoms with E-state index in [0.29, 0.717) is 31.5 Å². The maximum absolute atomic E-state index is 13.2. The van der Waals surface area contributed by atoms with Crippen LogP contribution in [-0.2, 0) is 14.8 Å². The molecule has 2 aliphatic heterocycles. The first-order valence-corrected chi connectivity index (χ1v) is 11.3. The Bertz CT molecular complexity index is 1110. The van der Waals surface area contributed by atoms with Gasteiger partial charge in [-0.3, -0.25) is 4.79 Å². The lowest BCUT2D eigenvalue weighted by atomic mass is 9.77. The molecule has 2 aliphatic rings. The first kappa shape index (κ1) is 22.3. The monoisotopic (exact) mass is 471 g/mol. The molecule has 8 nitrogen and oxygen atoms in total. The van der Waals surface area contributed by atoms with Crippen molar-refractivity contribution < 1.29 is 36.2 Å². The van der Waals surface area contributed by atoms with E-state index in [1.165, 1.54) is 39.7 Å². The quantitative estimate of drug-likeness (QED) is 0.736. The summed E-state index contributed by atoms with van der Waals surface area (Å²) in [5, 5.41) is 9.82. The number of sulfonamides is 1. The predicted molar refractivity (Wildman–Crippen MR) is 106 cm³/mol. The third kappa shape index (κ3) is 4.11. The number of hydrogen-bond donors (Lipinski definition) is 1. The second kappa shape index (κ2) is 7.93. The van der Waals surface area contributed by atoms with Gasteiger partial charge in [-0.25, -0.2) is 13.4 Å². The van der Waals surface area contributed by atoms with Crippen molar-refractivity contribution in [2.75, 3.05) is 24.5 Å². The molecule has 32 heavy (non-hydrogen) atoms. The Morgan fingerprint density at radius 2 is 1.66 bits per heavy atom. The van der Waals surface area contributed by atoms with Crippen molar-refractivity contribution in [3.63, 3.8) is 0 Å². The van der Waals surface area contributed by atoms with E-state index in [1.54, 1.807) is 0 Å². The summed E-state index contributed by atoms with van der Waals surface area (Å²) in [6.07, 6.45) is -2.39. The summed E-state index contributed by atoms with van der Waals surface area (Å²) in [6, 6.07) is 7.77. The molecule has 0 unspecified atom stereocenters. The van der Waals surface area contributed by atoms with Gasteiger partial charge in [0, 0.05) is 31.5 Å². The van der Waals surface area contributed by atoms with Gasteiger partial charge in [-0.15, -0.1) is 13.2 Å². The lowest BCUT2D eigenvalue weighted by molar-refractivity contribution is -0.274. The molecule has 1 N–H and O–H groups in total. The van der Waals surface area contributed by atoms with E-state index in [0.717, 1.165) is 12.1 Å². The minimum Gasteiger partial charge on any atom is -0.492 e. The van der Waals surface area contributed by atoms with Crippen molar-refractivity contribution >= 4 is 21.6 Å². The number of rotatable bonds is 4. The van der Waals surface area contributed by atoms with Crippen molar-refractivity contribution in [2.45, 2.75) is 30.5 Å². The normalized spacial score (nSPS) is 19.5. The van der Waals surface area contributed by atoms with Crippen molar-refractivity contribution in [1.29, 1.82) is 0 Å². The van der Waals surface area contributed by atoms with Crippen LogP contribution < -0.4 is 9.64 Å². The highest BCUT2D eigenvalue weighted by Crippen LogP contribution is 2.44. The number of hydrogen-bond acceptors (Lipinski definition) is 6. The summed E-state index contributed by atoms with van der Waals surface area (Å²) < 4.78 is 67.8. The Labute approximate surface area is 182 Å². The zero-order valence-electron chi connectivity index (χ0n) is 16.7. The van der Waals surface area contributed by atoms with Crippen molar-refractivity contribution in [1.82, 2.24) is 9.29 Å². The molecule has 1 aromatic heterocycles. The van der Waals surface area contributed by atoms with E-state index in [4.69, 9.17) is 0 Å². The second-order valence-corrected chi connectivity index (χ2v) is 9.66. The number of aromatic nitrogens is 1. The maximum Gasteiger partial charge on any atom is 0.573 e. The molecule has 0 saturated carbocycles. The van der Waals surface area contributed by atoms with Crippen molar-refractivity contribution in [2.24, 2.45) is 5.41 Å². The SMILES string of the molecule is O=C1N(c2ccc(OC(F)(F)F)cc2)CCC12CCN(S(=O)(=O)c1cccnc1O)CC2. The smallest absolute Gasteiger partial charge is 0.492 e. The molecule has 1 aromatic carbocycles. The molecular weight excluding hydrogens is 451 g/mol. The van der Waals surface area contributed by atoms with E-state index in [9.17, 15) is 31.5 Å². The number of anilines is 1. The molecule has 0 atom stereocenters. The Kier molecular flexibility index (Phi) is 5.53. The number of halogens is 3. The van der Waals surface area contributed by atoms with Gasteiger partial charge in [0.2, 0.25) is 21.8 Å². The third-order valence-corrected chi connectivity index (χ3v) is 7.86. The molecule has 0 radical (unpaired) electrons. The fraction of sp³-hybridized carbons (Fsp3) is 0.400. The van der Waals surface area contributed by atoms with Crippen molar-refractivity contribution in [3.8, 4) is 11.6 Å². The topological polar surface area (TPSA) is 100 Å². The molecular formula is C20H20F3N3O5S. The summed E-state index contributed by atoms with van der Waals surface area (Å²) >= 11 is 0. The summed E-state index contributed by atoms with van der Waals surface area (Å²) in [5.41, 5.74) is -0.277. The molecule has 0 bridgehead atoms. The van der Waals surface area contributed by atoms with Gasteiger partial charge in [0.05, 0.1) is 5.41 Å². The predicted octanol–water partition coefficient (Wildman–Crippen LogP) is 2.89. The van der Waals surface area contributed by atoms with Crippen molar-refractivity contribution in [3.05, 3.63) is 42.6 Å². The maximum atomic E-state index is 13.2. The fourth-order valence-electron chi connectivity index (χ4n) is 4.24. The number of carbonyl (C=O) groups is 1. The Balaban J connectivity index is 1.45. The van der Waals surface area contributed by atoms with E-state index in [2.05, 4.69) is 9.72 Å². The number of benzene rings is 1. The molecule has 2 fully saturated rings. The molecule has 1 amide bonds. The van der Waals surface area contributed by atoms with Crippen LogP contribution in [0.3, 0.4) is 0 Å². The molecule has 4 rings (SSSR count). The van der Waals surface area contributed by atoms with Crippen LogP contribution in [0.4, 0.5) is 18.9 Å². The van der Waals surface area contributed by atoms with E-state index < -0.39 is 27.7 Å². The summed E-state index contributed by atoms with van der Waals surface area (Å²) in [4.78, 5) is 18.0. The summed E-state index contributed by atoms with van der Waals surface area (Å²) in [5.74, 6) is -1.13. The summed E-state index contributed by atoms with van der Waals surface area (Å²) in [6.45, 7) is 0.595. The van der Waals surface area contributed by atoms with Crippen LogP contribution in [0.1, 0.15) is 19.3 Å². The molecule has 172 valence electrons. The minimum atomic E-state index is -4.80. The van der Waals surface area contributed by atoms with E-state index in [1.807, 2.05) is 0 Å². The number of piperidine rings is 1. The van der Waals surface area contributed by atoms with Crippen LogP contribution in [0.2, 0.25) is 0 Å². The average Bonchev–Trinajstić information content (AvgIpc) is 3.04. The van der Waals surface area contributed by atoms with Crippen LogP contribution in [0.5, 0.6) is 11.6 Å². The Hall–Kier alpha value is -2.86. The Morgan fingerprint density at radius 1 is 1.03 bits per heavy atom. The molecule has 12 heteroatoms. The molecule has 0 aliphatic carbocycles. The number of nitrogens with zero attached hydrogens (tertiary/aromatic N) is 3. The van der Waals surface area contributed by atoms with Crippen LogP contribution in [0.15, 0.2) is 47.5 Å². The zero-order chi connectivity index (χ0) is 23.1. The van der Waals surface area contributed by atoms with E-state index in [-0.39, 0.29) is 29.6 Å². The standard InChI is InChI=1S/C20H20F3N3O5S/c21-20(22,23)31-15-5-3-14(4-6-15)26-13-9-19(18(26)28)7-11-25(12-8-19)32(29,30)16-2-1-10-24-17(16)27/h1-6,10H,7-9,11-13H2,(H,24,27). The minimum absolute atomic E-state index is 0.106. The van der Waals surface area contributed by atoms with Gasteiger partial charge in [-0.1, -0.05) is 0 Å².